The highest BCUT2D eigenvalue weighted by Gasteiger charge is 2.16. The highest BCUT2D eigenvalue weighted by atomic mass is 32.2. The number of aryl methyl sites for hydroxylation is 1. The summed E-state index contributed by atoms with van der Waals surface area (Å²) in [6.07, 6.45) is 0. The second-order valence-electron chi connectivity index (χ2n) is 5.68. The zero-order valence-electron chi connectivity index (χ0n) is 13.7. The lowest BCUT2D eigenvalue weighted by Gasteiger charge is -2.07. The van der Waals surface area contributed by atoms with Crippen molar-refractivity contribution < 1.29 is 4.52 Å². The number of benzene rings is 1. The Bertz CT molecular complexity index is 1100. The van der Waals surface area contributed by atoms with E-state index in [-0.39, 0.29) is 5.56 Å². The van der Waals surface area contributed by atoms with E-state index in [4.69, 9.17) is 4.52 Å². The van der Waals surface area contributed by atoms with Crippen molar-refractivity contribution in [3.05, 3.63) is 63.6 Å². The molecule has 4 rings (SSSR count). The Morgan fingerprint density at radius 3 is 2.80 bits per heavy atom. The second-order valence-corrected chi connectivity index (χ2v) is 7.48. The summed E-state index contributed by atoms with van der Waals surface area (Å²) in [7, 11) is 1.76. The van der Waals surface area contributed by atoms with Crippen molar-refractivity contribution in [2.45, 2.75) is 17.8 Å². The van der Waals surface area contributed by atoms with Crippen molar-refractivity contribution in [2.75, 3.05) is 0 Å². The van der Waals surface area contributed by atoms with Gasteiger partial charge in [0, 0.05) is 24.1 Å². The van der Waals surface area contributed by atoms with Crippen LogP contribution in [0, 0.1) is 6.92 Å². The topological polar surface area (TPSA) is 60.9 Å². The highest BCUT2D eigenvalue weighted by molar-refractivity contribution is 7.98. The average molecular weight is 369 g/mol. The molecule has 0 spiro atoms. The van der Waals surface area contributed by atoms with Gasteiger partial charge in [0.15, 0.2) is 5.16 Å². The summed E-state index contributed by atoms with van der Waals surface area (Å²) < 4.78 is 6.83. The number of fused-ring (bicyclic) bond motifs is 1. The van der Waals surface area contributed by atoms with Crippen LogP contribution >= 0.6 is 23.1 Å². The van der Waals surface area contributed by atoms with Crippen LogP contribution in [0.3, 0.4) is 0 Å². The van der Waals surface area contributed by atoms with Crippen LogP contribution in [0.1, 0.15) is 11.5 Å². The van der Waals surface area contributed by atoms with E-state index < -0.39 is 0 Å². The molecule has 0 aliphatic carbocycles. The molecule has 4 aromatic rings. The molecule has 0 saturated carbocycles. The van der Waals surface area contributed by atoms with Crippen molar-refractivity contribution in [2.24, 2.45) is 7.05 Å². The Morgan fingerprint density at radius 1 is 1.28 bits per heavy atom. The molecule has 3 aromatic heterocycles. The van der Waals surface area contributed by atoms with Crippen LogP contribution in [0.25, 0.3) is 21.3 Å². The van der Waals surface area contributed by atoms with Crippen LogP contribution < -0.4 is 5.56 Å². The minimum absolute atomic E-state index is 0.0265. The second kappa shape index (κ2) is 6.50. The van der Waals surface area contributed by atoms with Gasteiger partial charge in [-0.15, -0.1) is 11.3 Å². The summed E-state index contributed by atoms with van der Waals surface area (Å²) in [6, 6.07) is 11.8. The maximum absolute atomic E-state index is 12.9. The van der Waals surface area contributed by atoms with E-state index in [0.717, 1.165) is 27.4 Å². The van der Waals surface area contributed by atoms with Gasteiger partial charge in [-0.1, -0.05) is 47.3 Å². The Kier molecular flexibility index (Phi) is 4.19. The third-order valence-electron chi connectivity index (χ3n) is 3.88. The maximum atomic E-state index is 12.9. The third kappa shape index (κ3) is 3.01. The van der Waals surface area contributed by atoms with Gasteiger partial charge in [-0.2, -0.15) is 0 Å². The largest absolute Gasteiger partial charge is 0.360 e. The third-order valence-corrected chi connectivity index (χ3v) is 5.80. The molecule has 0 amide bonds. The summed E-state index contributed by atoms with van der Waals surface area (Å²) in [5, 5.41) is 7.24. The smallest absolute Gasteiger partial charge is 0.263 e. The summed E-state index contributed by atoms with van der Waals surface area (Å²) in [6.45, 7) is 1.88. The van der Waals surface area contributed by atoms with Crippen LogP contribution in [-0.4, -0.2) is 14.7 Å². The first kappa shape index (κ1) is 16.1. The molecule has 0 aliphatic heterocycles. The summed E-state index contributed by atoms with van der Waals surface area (Å²) in [5.74, 6) is 1.36. The van der Waals surface area contributed by atoms with E-state index in [2.05, 4.69) is 10.1 Å². The molecule has 25 heavy (non-hydrogen) atoms. The molecule has 0 fully saturated rings. The fraction of sp³-hybridized carbons (Fsp3) is 0.167. The molecule has 7 heteroatoms. The van der Waals surface area contributed by atoms with Crippen LogP contribution in [0.5, 0.6) is 0 Å². The quantitative estimate of drug-likeness (QED) is 0.397. The number of hydrogen-bond acceptors (Lipinski definition) is 6. The molecular weight excluding hydrogens is 354 g/mol. The molecule has 0 aliphatic rings. The minimum atomic E-state index is -0.0265. The first-order valence-corrected chi connectivity index (χ1v) is 9.58. The van der Waals surface area contributed by atoms with Gasteiger partial charge >= 0.3 is 0 Å². The molecule has 3 heterocycles. The van der Waals surface area contributed by atoms with Crippen LogP contribution in [0.15, 0.2) is 56.3 Å². The number of rotatable bonds is 4. The van der Waals surface area contributed by atoms with Gasteiger partial charge in [0.2, 0.25) is 0 Å². The van der Waals surface area contributed by atoms with Gasteiger partial charge < -0.3 is 4.52 Å². The van der Waals surface area contributed by atoms with Crippen molar-refractivity contribution in [1.29, 1.82) is 0 Å². The lowest BCUT2D eigenvalue weighted by Crippen LogP contribution is -2.19. The zero-order valence-corrected chi connectivity index (χ0v) is 15.4. The predicted octanol–water partition coefficient (Wildman–Crippen LogP) is 4.25. The number of nitrogens with zero attached hydrogens (tertiary/aromatic N) is 3. The fourth-order valence-corrected chi connectivity index (χ4v) is 4.47. The molecule has 0 N–H and O–H groups in total. The maximum Gasteiger partial charge on any atom is 0.263 e. The van der Waals surface area contributed by atoms with E-state index in [1.807, 2.05) is 48.7 Å². The van der Waals surface area contributed by atoms with Crippen molar-refractivity contribution >= 4 is 33.3 Å². The van der Waals surface area contributed by atoms with Crippen molar-refractivity contribution in [3.8, 4) is 11.1 Å². The van der Waals surface area contributed by atoms with Crippen molar-refractivity contribution in [1.82, 2.24) is 14.7 Å². The molecule has 0 atom stereocenters. The summed E-state index contributed by atoms with van der Waals surface area (Å²) in [4.78, 5) is 18.3. The molecule has 0 bridgehead atoms. The summed E-state index contributed by atoms with van der Waals surface area (Å²) in [5.41, 5.74) is 2.79. The molecule has 0 unspecified atom stereocenters. The van der Waals surface area contributed by atoms with E-state index in [9.17, 15) is 4.79 Å². The standard InChI is InChI=1S/C18H15N3O2S2/c1-11-8-13(23-20-11)9-25-18-19-16-15(17(22)21(18)2)14(10-24-16)12-6-4-3-5-7-12/h3-8,10H,9H2,1-2H3. The lowest BCUT2D eigenvalue weighted by molar-refractivity contribution is 0.391. The zero-order chi connectivity index (χ0) is 17.4. The average Bonchev–Trinajstić information content (AvgIpc) is 3.24. The summed E-state index contributed by atoms with van der Waals surface area (Å²) >= 11 is 2.97. The van der Waals surface area contributed by atoms with E-state index in [1.165, 1.54) is 23.1 Å². The van der Waals surface area contributed by atoms with Gasteiger partial charge in [-0.3, -0.25) is 9.36 Å². The van der Waals surface area contributed by atoms with Gasteiger partial charge in [0.05, 0.1) is 16.8 Å². The van der Waals surface area contributed by atoms with Gasteiger partial charge in [-0.25, -0.2) is 4.98 Å². The number of thiophene rings is 1. The molecule has 1 aromatic carbocycles. The molecular formula is C18H15N3O2S2. The number of hydrogen-bond donors (Lipinski definition) is 0. The molecule has 0 radical (unpaired) electrons. The first-order chi connectivity index (χ1) is 12.1. The molecule has 126 valence electrons. The van der Waals surface area contributed by atoms with Gasteiger partial charge in [0.25, 0.3) is 5.56 Å². The van der Waals surface area contributed by atoms with Crippen LogP contribution in [0.4, 0.5) is 0 Å². The number of aromatic nitrogens is 3. The monoisotopic (exact) mass is 369 g/mol. The highest BCUT2D eigenvalue weighted by Crippen LogP contribution is 2.32. The minimum Gasteiger partial charge on any atom is -0.360 e. The van der Waals surface area contributed by atoms with E-state index in [1.54, 1.807) is 11.6 Å². The Balaban J connectivity index is 1.74. The molecule has 0 saturated heterocycles. The Labute approximate surface area is 152 Å². The van der Waals surface area contributed by atoms with Gasteiger partial charge in [-0.05, 0) is 12.5 Å². The van der Waals surface area contributed by atoms with Gasteiger partial charge in [0.1, 0.15) is 10.6 Å². The van der Waals surface area contributed by atoms with E-state index in [0.29, 0.717) is 16.3 Å². The first-order valence-electron chi connectivity index (χ1n) is 7.72. The van der Waals surface area contributed by atoms with Crippen LogP contribution in [0.2, 0.25) is 0 Å². The van der Waals surface area contributed by atoms with Crippen molar-refractivity contribution in [3.63, 3.8) is 0 Å². The fourth-order valence-electron chi connectivity index (χ4n) is 2.63. The Morgan fingerprint density at radius 2 is 2.08 bits per heavy atom. The number of thioether (sulfide) groups is 1. The van der Waals surface area contributed by atoms with Crippen LogP contribution in [-0.2, 0) is 12.8 Å². The normalized spacial score (nSPS) is 11.3. The van der Waals surface area contributed by atoms with E-state index >= 15 is 0 Å². The lowest BCUT2D eigenvalue weighted by atomic mass is 10.1. The predicted molar refractivity (Wildman–Crippen MR) is 101 cm³/mol. The molecule has 5 nitrogen and oxygen atoms in total. The Hall–Kier alpha value is -2.38. The SMILES string of the molecule is Cc1cc(CSc2nc3scc(-c4ccccc4)c3c(=O)n2C)on1.